The minimum atomic E-state index is -0.817. The largest absolute Gasteiger partial charge is 0.391 e. The highest BCUT2D eigenvalue weighted by molar-refractivity contribution is 5.97. The number of rotatable bonds is 15. The molecule has 0 spiro atoms. The van der Waals surface area contributed by atoms with Crippen LogP contribution < -0.4 is 21.3 Å². The van der Waals surface area contributed by atoms with Crippen molar-refractivity contribution in [3.8, 4) is 11.4 Å². The van der Waals surface area contributed by atoms with Crippen molar-refractivity contribution < 1.29 is 38.2 Å². The van der Waals surface area contributed by atoms with Crippen LogP contribution in [-0.2, 0) is 32.0 Å². The van der Waals surface area contributed by atoms with Crippen molar-refractivity contribution in [2.75, 3.05) is 27.2 Å². The second-order valence-electron chi connectivity index (χ2n) is 15.8. The van der Waals surface area contributed by atoms with Gasteiger partial charge in [-0.05, 0) is 114 Å². The second kappa shape index (κ2) is 17.9. The van der Waals surface area contributed by atoms with E-state index in [-0.39, 0.29) is 62.4 Å². The number of β-amino-alcohol motifs (C(OH)–C–C–N with tert-alkyl or cyclic N) is 2. The first-order valence-corrected chi connectivity index (χ1v) is 20.2. The molecule has 16 heteroatoms. The van der Waals surface area contributed by atoms with Gasteiger partial charge in [0.05, 0.1) is 35.7 Å². The number of H-pyrrole nitrogens is 2. The Labute approximate surface area is 336 Å². The number of amides is 4. The zero-order chi connectivity index (χ0) is 42.0. The Morgan fingerprint density at radius 3 is 1.43 bits per heavy atom. The van der Waals surface area contributed by atoms with Crippen LogP contribution in [0.5, 0.6) is 0 Å². The van der Waals surface area contributed by atoms with Crippen LogP contribution in [0.15, 0.2) is 36.4 Å². The fraction of sp³-hybridized carbons (Fsp3) is 0.524. The number of hydrogen-bond donors (Lipinski definition) is 8. The number of aromatic amines is 2. The number of likely N-dealkylation sites (tertiary alicyclic amines) is 2. The van der Waals surface area contributed by atoms with Crippen molar-refractivity contribution in [3.05, 3.63) is 59.2 Å². The molecule has 0 saturated carbocycles. The van der Waals surface area contributed by atoms with Gasteiger partial charge in [-0.2, -0.15) is 0 Å². The van der Waals surface area contributed by atoms with Crippen LogP contribution in [0.3, 0.4) is 0 Å². The number of aliphatic hydroxyl groups excluding tert-OH is 2. The van der Waals surface area contributed by atoms with E-state index < -0.39 is 60.1 Å². The average molecular weight is 807 g/mol. The van der Waals surface area contributed by atoms with E-state index in [1.54, 1.807) is 49.9 Å². The third-order valence-electron chi connectivity index (χ3n) is 11.9. The van der Waals surface area contributed by atoms with E-state index in [2.05, 4.69) is 31.2 Å². The van der Waals surface area contributed by atoms with Crippen molar-refractivity contribution in [1.29, 1.82) is 0 Å². The molecule has 0 radical (unpaired) electrons. The lowest BCUT2D eigenvalue weighted by Gasteiger charge is -2.30. The molecule has 2 aliphatic rings. The highest BCUT2D eigenvalue weighted by atomic mass is 19.1. The number of fused-ring (bicyclic) bond motifs is 2. The average Bonchev–Trinajstić information content (AvgIpc) is 3.96. The van der Waals surface area contributed by atoms with Gasteiger partial charge in [0.25, 0.3) is 0 Å². The van der Waals surface area contributed by atoms with Crippen molar-refractivity contribution in [3.63, 3.8) is 0 Å². The molecule has 4 aromatic rings. The molecule has 2 aliphatic heterocycles. The van der Waals surface area contributed by atoms with Gasteiger partial charge in [-0.3, -0.25) is 19.2 Å². The first kappa shape index (κ1) is 42.7. The Morgan fingerprint density at radius 1 is 0.707 bits per heavy atom. The summed E-state index contributed by atoms with van der Waals surface area (Å²) in [7, 11) is 3.31. The van der Waals surface area contributed by atoms with Crippen LogP contribution in [0.25, 0.3) is 33.2 Å². The van der Waals surface area contributed by atoms with Gasteiger partial charge in [0.1, 0.15) is 23.7 Å². The van der Waals surface area contributed by atoms with E-state index in [4.69, 9.17) is 0 Å². The van der Waals surface area contributed by atoms with E-state index in [1.165, 1.54) is 24.3 Å². The molecule has 0 bridgehead atoms. The second-order valence-corrected chi connectivity index (χ2v) is 15.8. The minimum absolute atomic E-state index is 0.0711. The minimum Gasteiger partial charge on any atom is -0.391 e. The number of carbonyl (C=O) groups excluding carboxylic acids is 4. The monoisotopic (exact) mass is 806 g/mol. The molecule has 2 saturated heterocycles. The summed E-state index contributed by atoms with van der Waals surface area (Å²) in [6, 6.07) is 5.13. The third-order valence-corrected chi connectivity index (χ3v) is 11.9. The van der Waals surface area contributed by atoms with Crippen LogP contribution >= 0.6 is 0 Å². The quantitative estimate of drug-likeness (QED) is 0.0899. The first-order valence-electron chi connectivity index (χ1n) is 20.2. The van der Waals surface area contributed by atoms with Crippen molar-refractivity contribution in [2.45, 2.75) is 115 Å². The molecule has 2 aromatic carbocycles. The number of benzene rings is 2. The highest BCUT2D eigenvalue weighted by Gasteiger charge is 2.41. The van der Waals surface area contributed by atoms with E-state index in [0.717, 1.165) is 11.1 Å². The predicted molar refractivity (Wildman–Crippen MR) is 217 cm³/mol. The Balaban J connectivity index is 1.40. The molecule has 58 heavy (non-hydrogen) atoms. The number of nitrogens with zero attached hydrogens (tertiary/aromatic N) is 2. The molecular weight excluding hydrogens is 751 g/mol. The lowest BCUT2D eigenvalue weighted by molar-refractivity contribution is -0.138. The summed E-state index contributed by atoms with van der Waals surface area (Å²) in [5.41, 5.74) is 3.58. The summed E-state index contributed by atoms with van der Waals surface area (Å²) in [6.07, 6.45) is 0.0738. The maximum atomic E-state index is 14.8. The SMILES string of the molecule is CCC(NC(=O)[C@H](C)NC)C(=O)N1C[C@@H](O)C[C@@H]1Cc1c(-c2[nH]c3cc(F)ccc3c2CC2C[C@H](O)CN2C(=O)[C@@H](CC)NC(=O)[C@H](C)NC)[nH]c2cc(F)ccc12. The Bertz CT molecular complexity index is 2010. The fourth-order valence-electron chi connectivity index (χ4n) is 8.42. The standard InChI is InChI=1S/C42H56F2N8O6/c1-7-33(49-39(55)21(3)45-5)41(57)51-19-27(53)15-25(51)17-31-29-11-9-23(43)13-35(29)47-37(31)38-32(30-12-10-24(44)14-36(30)48-38)18-26-16-28(54)20-52(26)42(58)34(8-2)50-40(56)22(4)46-6/h9-14,21-22,25-28,33-34,45-48,53-54H,7-8,15-20H2,1-6H3,(H,49,55)(H,50,56)/t21-,22-,25+,26?,27-,28-,33?,34+/m0/s1. The van der Waals surface area contributed by atoms with Gasteiger partial charge in [-0.25, -0.2) is 8.78 Å². The topological polar surface area (TPSA) is 195 Å². The summed E-state index contributed by atoms with van der Waals surface area (Å²) in [6.45, 7) is 7.15. The number of carbonyl (C=O) groups is 4. The molecule has 4 heterocycles. The van der Waals surface area contributed by atoms with Gasteiger partial charge in [0, 0.05) is 47.0 Å². The van der Waals surface area contributed by atoms with Crippen LogP contribution in [0.2, 0.25) is 0 Å². The van der Waals surface area contributed by atoms with Crippen LogP contribution in [-0.4, -0.2) is 129 Å². The maximum Gasteiger partial charge on any atom is 0.245 e. The maximum absolute atomic E-state index is 14.8. The Morgan fingerprint density at radius 2 is 1.09 bits per heavy atom. The summed E-state index contributed by atoms with van der Waals surface area (Å²) in [5, 5.41) is 34.7. The summed E-state index contributed by atoms with van der Waals surface area (Å²) < 4.78 is 29.6. The number of aromatic nitrogens is 2. The molecule has 8 N–H and O–H groups in total. The first-order chi connectivity index (χ1) is 27.7. The number of aliphatic hydroxyl groups is 2. The van der Waals surface area contributed by atoms with E-state index in [9.17, 15) is 38.2 Å². The van der Waals surface area contributed by atoms with E-state index in [1.807, 2.05) is 13.8 Å². The zero-order valence-corrected chi connectivity index (χ0v) is 33.9. The zero-order valence-electron chi connectivity index (χ0n) is 33.9. The summed E-state index contributed by atoms with van der Waals surface area (Å²) in [5.74, 6) is -2.21. The van der Waals surface area contributed by atoms with Gasteiger partial charge < -0.3 is 51.2 Å². The van der Waals surface area contributed by atoms with E-state index in [0.29, 0.717) is 46.0 Å². The van der Waals surface area contributed by atoms with Gasteiger partial charge in [-0.1, -0.05) is 13.8 Å². The molecule has 14 nitrogen and oxygen atoms in total. The molecular formula is C42H56F2N8O6. The Kier molecular flexibility index (Phi) is 13.2. The molecule has 6 rings (SSSR count). The van der Waals surface area contributed by atoms with Gasteiger partial charge in [-0.15, -0.1) is 0 Å². The van der Waals surface area contributed by atoms with Crippen molar-refractivity contribution in [1.82, 2.24) is 41.0 Å². The number of hydrogen-bond acceptors (Lipinski definition) is 8. The van der Waals surface area contributed by atoms with Gasteiger partial charge >= 0.3 is 0 Å². The smallest absolute Gasteiger partial charge is 0.245 e. The Hall–Kier alpha value is -4.90. The molecule has 0 aliphatic carbocycles. The van der Waals surface area contributed by atoms with Crippen molar-refractivity contribution >= 4 is 45.4 Å². The van der Waals surface area contributed by atoms with Gasteiger partial charge in [0.2, 0.25) is 23.6 Å². The van der Waals surface area contributed by atoms with Crippen LogP contribution in [0.1, 0.15) is 64.5 Å². The molecule has 314 valence electrons. The lowest BCUT2D eigenvalue weighted by atomic mass is 9.94. The molecule has 2 unspecified atom stereocenters. The lowest BCUT2D eigenvalue weighted by Crippen LogP contribution is -2.53. The fourth-order valence-corrected chi connectivity index (χ4v) is 8.42. The predicted octanol–water partition coefficient (Wildman–Crippen LogP) is 2.61. The summed E-state index contributed by atoms with van der Waals surface area (Å²) in [4.78, 5) is 63.7. The third kappa shape index (κ3) is 8.75. The molecule has 2 fully saturated rings. The number of halogens is 2. The highest BCUT2D eigenvalue weighted by Crippen LogP contribution is 2.40. The van der Waals surface area contributed by atoms with Crippen LogP contribution in [0.4, 0.5) is 8.78 Å². The van der Waals surface area contributed by atoms with Gasteiger partial charge in [0.15, 0.2) is 0 Å². The number of nitrogens with one attached hydrogen (secondary N) is 6. The molecule has 2 aromatic heterocycles. The number of likely N-dealkylation sites (N-methyl/N-ethyl adjacent to an activating group) is 2. The van der Waals surface area contributed by atoms with Crippen LogP contribution in [0, 0.1) is 11.6 Å². The van der Waals surface area contributed by atoms with Crippen molar-refractivity contribution in [2.24, 2.45) is 0 Å². The summed E-state index contributed by atoms with van der Waals surface area (Å²) >= 11 is 0. The molecule has 8 atom stereocenters. The molecule has 4 amide bonds. The van der Waals surface area contributed by atoms with E-state index >= 15 is 0 Å². The normalized spacial score (nSPS) is 21.7.